The van der Waals surface area contributed by atoms with Gasteiger partial charge < -0.3 is 15.5 Å². The minimum atomic E-state index is -1.30. The van der Waals surface area contributed by atoms with Gasteiger partial charge in [0.2, 0.25) is 0 Å². The highest BCUT2D eigenvalue weighted by Gasteiger charge is 2.24. The monoisotopic (exact) mass is 369 g/mol. The van der Waals surface area contributed by atoms with Crippen molar-refractivity contribution in [3.63, 3.8) is 0 Å². The lowest BCUT2D eigenvalue weighted by Gasteiger charge is -2.14. The highest BCUT2D eigenvalue weighted by atomic mass is 19.1. The number of rotatable bonds is 5. The van der Waals surface area contributed by atoms with Gasteiger partial charge in [0.15, 0.2) is 11.7 Å². The van der Waals surface area contributed by atoms with E-state index in [2.05, 4.69) is 10.4 Å². The molecule has 0 aliphatic heterocycles. The van der Waals surface area contributed by atoms with E-state index < -0.39 is 17.9 Å². The molecule has 1 amide bonds. The van der Waals surface area contributed by atoms with Crippen LogP contribution in [0.4, 0.5) is 4.39 Å². The van der Waals surface area contributed by atoms with Crippen LogP contribution in [-0.2, 0) is 11.8 Å². The molecule has 3 N–H and O–H groups in total. The zero-order valence-corrected chi connectivity index (χ0v) is 14.3. The van der Waals surface area contributed by atoms with Crippen LogP contribution in [0.5, 0.6) is 5.75 Å². The molecule has 7 nitrogen and oxygen atoms in total. The van der Waals surface area contributed by atoms with Crippen molar-refractivity contribution in [2.24, 2.45) is 7.05 Å². The Morgan fingerprint density at radius 3 is 2.33 bits per heavy atom. The Bertz CT molecular complexity index is 981. The number of carboxylic acid groups (broad SMARTS) is 1. The first kappa shape index (κ1) is 18.1. The summed E-state index contributed by atoms with van der Waals surface area (Å²) < 4.78 is 14.5. The lowest BCUT2D eigenvalue weighted by atomic mass is 10.1. The molecule has 3 rings (SSSR count). The Labute approximate surface area is 153 Å². The highest BCUT2D eigenvalue weighted by molar-refractivity contribution is 5.96. The van der Waals surface area contributed by atoms with Gasteiger partial charge in [0, 0.05) is 7.05 Å². The van der Waals surface area contributed by atoms with Crippen LogP contribution in [0.2, 0.25) is 0 Å². The van der Waals surface area contributed by atoms with Crippen LogP contribution in [0, 0.1) is 5.82 Å². The number of carboxylic acids is 1. The number of amides is 1. The van der Waals surface area contributed by atoms with Crippen molar-refractivity contribution in [3.8, 4) is 17.0 Å². The quantitative estimate of drug-likeness (QED) is 0.641. The predicted octanol–water partition coefficient (Wildman–Crippen LogP) is 2.49. The van der Waals surface area contributed by atoms with Crippen LogP contribution in [-0.4, -0.2) is 31.9 Å². The van der Waals surface area contributed by atoms with Gasteiger partial charge in [-0.15, -0.1) is 0 Å². The number of hydrogen-bond acceptors (Lipinski definition) is 4. The van der Waals surface area contributed by atoms with Crippen LogP contribution >= 0.6 is 0 Å². The zero-order chi connectivity index (χ0) is 19.6. The van der Waals surface area contributed by atoms with Crippen LogP contribution in [0.1, 0.15) is 22.1 Å². The van der Waals surface area contributed by atoms with Crippen LogP contribution < -0.4 is 5.32 Å². The molecule has 1 heterocycles. The van der Waals surface area contributed by atoms with E-state index in [1.54, 1.807) is 19.2 Å². The SMILES string of the molecule is Cn1nc(C(=O)N[C@@H](C(=O)O)c2ccc(O)cc2)cc1-c1ccc(F)cc1. The second-order valence-electron chi connectivity index (χ2n) is 5.88. The summed E-state index contributed by atoms with van der Waals surface area (Å²) in [4.78, 5) is 24.0. The van der Waals surface area contributed by atoms with E-state index in [1.807, 2.05) is 0 Å². The second-order valence-corrected chi connectivity index (χ2v) is 5.88. The van der Waals surface area contributed by atoms with E-state index in [0.717, 1.165) is 0 Å². The molecule has 8 heteroatoms. The fourth-order valence-corrected chi connectivity index (χ4v) is 2.63. The van der Waals surface area contributed by atoms with Gasteiger partial charge >= 0.3 is 5.97 Å². The third-order valence-electron chi connectivity index (χ3n) is 4.00. The topological polar surface area (TPSA) is 104 Å². The number of hydrogen-bond donors (Lipinski definition) is 3. The molecule has 0 aliphatic carbocycles. The Morgan fingerprint density at radius 1 is 1.11 bits per heavy atom. The van der Waals surface area contributed by atoms with Crippen molar-refractivity contribution in [3.05, 3.63) is 71.7 Å². The number of phenols is 1. The standard InChI is InChI=1S/C19H16FN3O4/c1-23-16(11-2-6-13(20)7-3-11)10-15(22-23)18(25)21-17(19(26)27)12-4-8-14(24)9-5-12/h2-10,17,24H,1H3,(H,21,25)(H,26,27)/t17-/m1/s1. The van der Waals surface area contributed by atoms with Crippen LogP contribution in [0.15, 0.2) is 54.6 Å². The third-order valence-corrected chi connectivity index (χ3v) is 4.00. The molecule has 27 heavy (non-hydrogen) atoms. The van der Waals surface area contributed by atoms with E-state index in [-0.39, 0.29) is 17.3 Å². The molecule has 0 aliphatic rings. The average molecular weight is 369 g/mol. The van der Waals surface area contributed by atoms with Gasteiger partial charge in [0.1, 0.15) is 11.6 Å². The van der Waals surface area contributed by atoms with E-state index in [9.17, 15) is 24.2 Å². The summed E-state index contributed by atoms with van der Waals surface area (Å²) in [5.74, 6) is -2.30. The Kier molecular flexibility index (Phi) is 4.89. The molecule has 1 aromatic heterocycles. The molecule has 3 aromatic rings. The fourth-order valence-electron chi connectivity index (χ4n) is 2.63. The summed E-state index contributed by atoms with van der Waals surface area (Å²) in [7, 11) is 1.63. The number of aryl methyl sites for hydroxylation is 1. The third kappa shape index (κ3) is 3.95. The zero-order valence-electron chi connectivity index (χ0n) is 14.3. The summed E-state index contributed by atoms with van der Waals surface area (Å²) in [5, 5.41) is 25.3. The van der Waals surface area contributed by atoms with E-state index in [1.165, 1.54) is 47.1 Å². The minimum Gasteiger partial charge on any atom is -0.508 e. The lowest BCUT2D eigenvalue weighted by molar-refractivity contribution is -0.139. The van der Waals surface area contributed by atoms with Crippen molar-refractivity contribution in [1.29, 1.82) is 0 Å². The minimum absolute atomic E-state index is 0.0112. The molecule has 138 valence electrons. The molecule has 0 saturated heterocycles. The fraction of sp³-hybridized carbons (Fsp3) is 0.105. The number of halogens is 1. The molecule has 0 bridgehead atoms. The van der Waals surface area contributed by atoms with Crippen molar-refractivity contribution < 1.29 is 24.2 Å². The van der Waals surface area contributed by atoms with Crippen molar-refractivity contribution in [2.75, 3.05) is 0 Å². The maximum atomic E-state index is 13.1. The summed E-state index contributed by atoms with van der Waals surface area (Å²) in [5.41, 5.74) is 1.58. The first-order chi connectivity index (χ1) is 12.8. The van der Waals surface area contributed by atoms with Crippen molar-refractivity contribution in [1.82, 2.24) is 15.1 Å². The number of carbonyl (C=O) groups is 2. The maximum absolute atomic E-state index is 13.1. The molecule has 0 saturated carbocycles. The van der Waals surface area contributed by atoms with Crippen LogP contribution in [0.3, 0.4) is 0 Å². The first-order valence-corrected chi connectivity index (χ1v) is 7.97. The van der Waals surface area contributed by atoms with Gasteiger partial charge in [0.05, 0.1) is 5.69 Å². The van der Waals surface area contributed by atoms with E-state index in [4.69, 9.17) is 0 Å². The van der Waals surface area contributed by atoms with Gasteiger partial charge in [-0.05, 0) is 53.6 Å². The molecule has 2 aromatic carbocycles. The number of phenolic OH excluding ortho intramolecular Hbond substituents is 1. The average Bonchev–Trinajstić information content (AvgIpc) is 3.03. The summed E-state index contributed by atoms with van der Waals surface area (Å²) >= 11 is 0. The molecule has 0 fully saturated rings. The summed E-state index contributed by atoms with van der Waals surface area (Å²) in [6, 6.07) is 11.4. The van der Waals surface area contributed by atoms with Gasteiger partial charge in [-0.1, -0.05) is 12.1 Å². The van der Waals surface area contributed by atoms with E-state index >= 15 is 0 Å². The van der Waals surface area contributed by atoms with Gasteiger partial charge in [-0.2, -0.15) is 5.10 Å². The number of nitrogens with one attached hydrogen (secondary N) is 1. The first-order valence-electron chi connectivity index (χ1n) is 7.97. The van der Waals surface area contributed by atoms with Crippen molar-refractivity contribution in [2.45, 2.75) is 6.04 Å². The maximum Gasteiger partial charge on any atom is 0.330 e. The summed E-state index contributed by atoms with van der Waals surface area (Å²) in [6.45, 7) is 0. The number of benzene rings is 2. The molecular formula is C19H16FN3O4. The van der Waals surface area contributed by atoms with Crippen LogP contribution in [0.25, 0.3) is 11.3 Å². The molecule has 0 spiro atoms. The number of aliphatic carboxylic acids is 1. The Hall–Kier alpha value is -3.68. The smallest absolute Gasteiger partial charge is 0.330 e. The molecule has 0 unspecified atom stereocenters. The predicted molar refractivity (Wildman–Crippen MR) is 94.6 cm³/mol. The number of aromatic hydroxyl groups is 1. The van der Waals surface area contributed by atoms with E-state index in [0.29, 0.717) is 16.8 Å². The highest BCUT2D eigenvalue weighted by Crippen LogP contribution is 2.21. The number of carbonyl (C=O) groups excluding carboxylic acids is 1. The summed E-state index contributed by atoms with van der Waals surface area (Å²) in [6.07, 6.45) is 0. The second kappa shape index (κ2) is 7.28. The lowest BCUT2D eigenvalue weighted by Crippen LogP contribution is -2.34. The van der Waals surface area contributed by atoms with Gasteiger partial charge in [-0.3, -0.25) is 9.48 Å². The normalized spacial score (nSPS) is 11.8. The number of nitrogens with zero attached hydrogens (tertiary/aromatic N) is 2. The van der Waals surface area contributed by atoms with Crippen molar-refractivity contribution >= 4 is 11.9 Å². The Morgan fingerprint density at radius 2 is 1.74 bits per heavy atom. The van der Waals surface area contributed by atoms with Gasteiger partial charge in [-0.25, -0.2) is 9.18 Å². The molecule has 1 atom stereocenters. The molecular weight excluding hydrogens is 353 g/mol. The Balaban J connectivity index is 1.84. The number of aromatic nitrogens is 2. The van der Waals surface area contributed by atoms with Gasteiger partial charge in [0.25, 0.3) is 5.91 Å². The largest absolute Gasteiger partial charge is 0.508 e. The molecule has 0 radical (unpaired) electrons.